The Morgan fingerprint density at radius 1 is 1.08 bits per heavy atom. The summed E-state index contributed by atoms with van der Waals surface area (Å²) in [5.41, 5.74) is 5.59. The van der Waals surface area contributed by atoms with E-state index in [1.165, 1.54) is 29.8 Å². The number of hydrogen-bond acceptors (Lipinski definition) is 7. The number of nitrogens with zero attached hydrogens (tertiary/aromatic N) is 6. The van der Waals surface area contributed by atoms with Crippen LogP contribution in [0.5, 0.6) is 0 Å². The van der Waals surface area contributed by atoms with Gasteiger partial charge in [-0.15, -0.1) is 0 Å². The minimum absolute atomic E-state index is 0.00233. The quantitative estimate of drug-likeness (QED) is 0.370. The van der Waals surface area contributed by atoms with Crippen molar-refractivity contribution in [2.24, 2.45) is 0 Å². The van der Waals surface area contributed by atoms with E-state index < -0.39 is 42.1 Å². The van der Waals surface area contributed by atoms with Gasteiger partial charge in [-0.3, -0.25) is 9.78 Å². The van der Waals surface area contributed by atoms with Crippen LogP contribution in [0.2, 0.25) is 0 Å². The summed E-state index contributed by atoms with van der Waals surface area (Å²) in [6.45, 7) is 3.13. The van der Waals surface area contributed by atoms with E-state index in [1.807, 2.05) is 0 Å². The Labute approximate surface area is 210 Å². The van der Waals surface area contributed by atoms with Gasteiger partial charge in [0, 0.05) is 18.8 Å². The average molecular weight is 536 g/mol. The lowest BCUT2D eigenvalue weighted by molar-refractivity contribution is -0.284. The van der Waals surface area contributed by atoms with Gasteiger partial charge in [0.25, 0.3) is 0 Å². The minimum Gasteiger partial charge on any atom is -0.383 e. The third-order valence-corrected chi connectivity index (χ3v) is 6.31. The van der Waals surface area contributed by atoms with Crippen molar-refractivity contribution in [1.82, 2.24) is 29.3 Å². The molecule has 0 saturated carbocycles. The van der Waals surface area contributed by atoms with Crippen LogP contribution in [0, 0.1) is 12.7 Å². The molecule has 1 atom stereocenters. The first-order chi connectivity index (χ1) is 17.7. The van der Waals surface area contributed by atoms with Gasteiger partial charge in [0.05, 0.1) is 28.8 Å². The fraction of sp³-hybridized carbons (Fsp3) is 0.304. The van der Waals surface area contributed by atoms with Crippen LogP contribution in [0.25, 0.3) is 17.2 Å². The number of alkyl halides is 5. The predicted octanol–water partition coefficient (Wildman–Crippen LogP) is 4.00. The van der Waals surface area contributed by atoms with Gasteiger partial charge in [-0.2, -0.15) is 22.0 Å². The van der Waals surface area contributed by atoms with E-state index in [4.69, 9.17) is 5.73 Å². The smallest absolute Gasteiger partial charge is 0.383 e. The maximum absolute atomic E-state index is 13.6. The Kier molecular flexibility index (Phi) is 5.58. The predicted molar refractivity (Wildman–Crippen MR) is 122 cm³/mol. The summed E-state index contributed by atoms with van der Waals surface area (Å²) in [6.07, 6.45) is -4.10. The van der Waals surface area contributed by atoms with Crippen molar-refractivity contribution in [3.8, 4) is 11.5 Å². The molecular formula is C23H18F6N8O. The molecule has 0 radical (unpaired) electrons. The summed E-state index contributed by atoms with van der Waals surface area (Å²) in [4.78, 5) is 33.9. The second-order valence-electron chi connectivity index (χ2n) is 8.99. The highest BCUT2D eigenvalue weighted by Crippen LogP contribution is 2.44. The molecule has 1 amide bonds. The number of nitrogen functional groups attached to an aromatic ring is 1. The molecule has 0 fully saturated rings. The number of carbonyl (C=O) groups is 1. The summed E-state index contributed by atoms with van der Waals surface area (Å²) in [5, 5.41) is 2.59. The molecular weight excluding hydrogens is 518 g/mol. The van der Waals surface area contributed by atoms with Crippen LogP contribution in [0.1, 0.15) is 36.0 Å². The highest BCUT2D eigenvalue weighted by atomic mass is 19.4. The van der Waals surface area contributed by atoms with Gasteiger partial charge < -0.3 is 15.5 Å². The van der Waals surface area contributed by atoms with E-state index in [9.17, 15) is 31.1 Å². The summed E-state index contributed by atoms with van der Waals surface area (Å²) < 4.78 is 80.3. The molecule has 198 valence electrons. The Morgan fingerprint density at radius 3 is 2.47 bits per heavy atom. The number of nitrogens with two attached hydrogens (primary N) is 1. The number of imidazole rings is 1. The van der Waals surface area contributed by atoms with Gasteiger partial charge >= 0.3 is 12.1 Å². The van der Waals surface area contributed by atoms with Gasteiger partial charge in [0.2, 0.25) is 5.91 Å². The summed E-state index contributed by atoms with van der Waals surface area (Å²) in [5.74, 6) is -6.30. The van der Waals surface area contributed by atoms with Gasteiger partial charge in [0.1, 0.15) is 28.6 Å². The molecule has 5 rings (SSSR count). The number of nitrogens with one attached hydrogen (secondary N) is 1. The first-order valence-corrected chi connectivity index (χ1v) is 11.1. The standard InChI is InChI=1S/C23H18F6N8O/c1-10-8-37-9-13(33-12(19(37)32-10)5-6-22(25,26)23(27,28)29)17-34-16(30)15-18(35-17)36-20(38)21(15,2)14-4-3-11(24)7-31-14/h3-4,7-9H,5-6H2,1-2H3,(H3,30,34,35,36,38). The molecule has 1 aliphatic heterocycles. The second kappa shape index (κ2) is 8.36. The van der Waals surface area contributed by atoms with Crippen molar-refractivity contribution >= 4 is 23.2 Å². The molecule has 0 spiro atoms. The monoisotopic (exact) mass is 536 g/mol. The lowest BCUT2D eigenvalue weighted by Crippen LogP contribution is -2.36. The Balaban J connectivity index is 1.59. The molecule has 4 aromatic rings. The molecule has 15 heteroatoms. The van der Waals surface area contributed by atoms with Crippen molar-refractivity contribution in [3.05, 3.63) is 59.2 Å². The number of carbonyl (C=O) groups excluding carboxylic acids is 1. The third kappa shape index (κ3) is 3.97. The van der Waals surface area contributed by atoms with Crippen LogP contribution < -0.4 is 11.1 Å². The SMILES string of the molecule is Cc1cn2cc(-c3nc(N)c4c(n3)NC(=O)C4(C)c3ccc(F)cn3)nc(CCC(F)(F)C(F)(F)F)c2n1. The molecule has 0 aromatic carbocycles. The van der Waals surface area contributed by atoms with Crippen molar-refractivity contribution in [1.29, 1.82) is 0 Å². The molecule has 1 unspecified atom stereocenters. The number of aryl methyl sites for hydroxylation is 2. The number of fused-ring (bicyclic) bond motifs is 2. The number of halogens is 6. The fourth-order valence-corrected chi connectivity index (χ4v) is 4.31. The van der Waals surface area contributed by atoms with Gasteiger partial charge in [0.15, 0.2) is 11.5 Å². The van der Waals surface area contributed by atoms with Crippen molar-refractivity contribution in [2.45, 2.75) is 44.2 Å². The summed E-state index contributed by atoms with van der Waals surface area (Å²) >= 11 is 0. The molecule has 0 saturated heterocycles. The summed E-state index contributed by atoms with van der Waals surface area (Å²) in [6, 6.07) is 2.47. The third-order valence-electron chi connectivity index (χ3n) is 6.31. The topological polar surface area (TPSA) is 124 Å². The largest absolute Gasteiger partial charge is 0.453 e. The zero-order valence-electron chi connectivity index (χ0n) is 19.7. The Bertz CT molecular complexity index is 1580. The number of rotatable bonds is 5. The van der Waals surface area contributed by atoms with E-state index in [1.54, 1.807) is 6.92 Å². The first kappa shape index (κ1) is 25.4. The molecule has 1 aliphatic rings. The zero-order valence-corrected chi connectivity index (χ0v) is 19.7. The highest BCUT2D eigenvalue weighted by molar-refractivity contribution is 6.08. The number of aromatic nitrogens is 6. The lowest BCUT2D eigenvalue weighted by Gasteiger charge is -2.22. The second-order valence-corrected chi connectivity index (χ2v) is 8.99. The van der Waals surface area contributed by atoms with E-state index >= 15 is 0 Å². The van der Waals surface area contributed by atoms with E-state index in [-0.39, 0.29) is 45.8 Å². The molecule has 4 aromatic heterocycles. The average Bonchev–Trinajstić information content (AvgIpc) is 3.33. The molecule has 9 nitrogen and oxygen atoms in total. The number of hydrogen-bond donors (Lipinski definition) is 2. The van der Waals surface area contributed by atoms with Crippen LogP contribution >= 0.6 is 0 Å². The number of pyridine rings is 1. The Hall–Kier alpha value is -4.30. The van der Waals surface area contributed by atoms with Gasteiger partial charge in [-0.05, 0) is 32.4 Å². The van der Waals surface area contributed by atoms with E-state index in [0.717, 1.165) is 12.3 Å². The number of amides is 1. The normalized spacial score (nSPS) is 17.6. The van der Waals surface area contributed by atoms with Crippen molar-refractivity contribution in [2.75, 3.05) is 11.1 Å². The molecule has 38 heavy (non-hydrogen) atoms. The molecule has 0 aliphatic carbocycles. The molecule has 5 heterocycles. The van der Waals surface area contributed by atoms with Crippen LogP contribution in [0.4, 0.5) is 38.0 Å². The van der Waals surface area contributed by atoms with Gasteiger partial charge in [-0.1, -0.05) is 0 Å². The Morgan fingerprint density at radius 2 is 1.82 bits per heavy atom. The van der Waals surface area contributed by atoms with E-state index in [2.05, 4.69) is 30.2 Å². The van der Waals surface area contributed by atoms with Crippen LogP contribution in [-0.2, 0) is 16.6 Å². The molecule has 0 bridgehead atoms. The zero-order chi connectivity index (χ0) is 27.6. The fourth-order valence-electron chi connectivity index (χ4n) is 4.31. The first-order valence-electron chi connectivity index (χ1n) is 11.1. The maximum atomic E-state index is 13.6. The maximum Gasteiger partial charge on any atom is 0.453 e. The van der Waals surface area contributed by atoms with E-state index in [0.29, 0.717) is 5.69 Å². The molecule has 3 N–H and O–H groups in total. The minimum atomic E-state index is -5.71. The van der Waals surface area contributed by atoms with Crippen molar-refractivity contribution < 1.29 is 31.1 Å². The van der Waals surface area contributed by atoms with Crippen LogP contribution in [0.15, 0.2) is 30.7 Å². The van der Waals surface area contributed by atoms with Crippen LogP contribution in [-0.4, -0.2) is 47.3 Å². The van der Waals surface area contributed by atoms with Gasteiger partial charge in [-0.25, -0.2) is 24.3 Å². The van der Waals surface area contributed by atoms with Crippen LogP contribution in [0.3, 0.4) is 0 Å². The van der Waals surface area contributed by atoms with Crippen molar-refractivity contribution in [3.63, 3.8) is 0 Å². The highest BCUT2D eigenvalue weighted by Gasteiger charge is 2.56. The number of anilines is 2. The summed E-state index contributed by atoms with van der Waals surface area (Å²) in [7, 11) is 0. The lowest BCUT2D eigenvalue weighted by atomic mass is 9.81.